The molecule has 1 heterocycles. The number of aromatic nitrogens is 2. The van der Waals surface area contributed by atoms with Crippen LogP contribution in [0.25, 0.3) is 22.5 Å². The number of nitrogens with one attached hydrogen (secondary N) is 1. The van der Waals surface area contributed by atoms with E-state index in [1.807, 2.05) is 66.7 Å². The van der Waals surface area contributed by atoms with Crippen LogP contribution < -0.4 is 14.6 Å². The number of hydrogen-bond acceptors (Lipinski definition) is 6. The van der Waals surface area contributed by atoms with Crippen molar-refractivity contribution in [3.8, 4) is 34.0 Å². The number of imidazole rings is 1. The minimum Gasteiger partial charge on any atom is -0.497 e. The van der Waals surface area contributed by atoms with Crippen LogP contribution in [0.2, 0.25) is 0 Å². The van der Waals surface area contributed by atoms with Crippen LogP contribution in [-0.4, -0.2) is 38.4 Å². The average Bonchev–Trinajstić information content (AvgIpc) is 3.30. The van der Waals surface area contributed by atoms with Crippen molar-refractivity contribution in [3.63, 3.8) is 0 Å². The van der Waals surface area contributed by atoms with Gasteiger partial charge in [-0.25, -0.2) is 18.5 Å². The highest BCUT2D eigenvalue weighted by Gasteiger charge is 2.23. The van der Waals surface area contributed by atoms with Crippen LogP contribution in [0.4, 0.5) is 0 Å². The molecule has 1 atom stereocenters. The highest BCUT2D eigenvalue weighted by molar-refractivity contribution is 7.99. The summed E-state index contributed by atoms with van der Waals surface area (Å²) in [6.07, 6.45) is 0.365. The minimum absolute atomic E-state index is 0.365. The smallest absolute Gasteiger partial charge is 0.216 e. The summed E-state index contributed by atoms with van der Waals surface area (Å²) in [5.74, 6) is 2.05. The lowest BCUT2D eigenvalue weighted by Crippen LogP contribution is -2.22. The number of aromatic amines is 1. The third-order valence-corrected chi connectivity index (χ3v) is 7.82. The Balaban J connectivity index is 1.60. The Morgan fingerprint density at radius 2 is 1.46 bits per heavy atom. The molecule has 0 aliphatic carbocycles. The van der Waals surface area contributed by atoms with E-state index in [9.17, 15) is 8.42 Å². The van der Waals surface area contributed by atoms with Gasteiger partial charge in [0.15, 0.2) is 5.16 Å². The molecule has 0 aliphatic rings. The Kier molecular flexibility index (Phi) is 7.80. The number of nitrogens with zero attached hydrogens (tertiary/aromatic N) is 1. The van der Waals surface area contributed by atoms with Crippen molar-refractivity contribution in [1.82, 2.24) is 9.97 Å². The van der Waals surface area contributed by atoms with Gasteiger partial charge in [-0.05, 0) is 60.5 Å². The van der Waals surface area contributed by atoms with E-state index in [0.717, 1.165) is 34.0 Å². The molecule has 35 heavy (non-hydrogen) atoms. The predicted molar refractivity (Wildman–Crippen MR) is 140 cm³/mol. The molecule has 0 bridgehead atoms. The van der Waals surface area contributed by atoms with E-state index < -0.39 is 15.3 Å². The van der Waals surface area contributed by atoms with Crippen molar-refractivity contribution in [3.05, 3.63) is 84.4 Å². The van der Waals surface area contributed by atoms with Gasteiger partial charge in [-0.1, -0.05) is 42.1 Å². The van der Waals surface area contributed by atoms with E-state index in [1.54, 1.807) is 26.4 Å². The van der Waals surface area contributed by atoms with Crippen molar-refractivity contribution >= 4 is 21.8 Å². The number of hydrogen-bond donors (Lipinski definition) is 2. The van der Waals surface area contributed by atoms with Gasteiger partial charge in [0.05, 0.1) is 25.6 Å². The Labute approximate surface area is 209 Å². The monoisotopic (exact) mass is 509 g/mol. The van der Waals surface area contributed by atoms with Crippen molar-refractivity contribution in [2.75, 3.05) is 20.0 Å². The number of nitrogens with two attached hydrogens (primary N) is 1. The van der Waals surface area contributed by atoms with Gasteiger partial charge in [-0.2, -0.15) is 0 Å². The number of rotatable bonds is 10. The molecule has 9 heteroatoms. The maximum Gasteiger partial charge on any atom is 0.216 e. The first-order valence-electron chi connectivity index (χ1n) is 11.0. The van der Waals surface area contributed by atoms with Gasteiger partial charge in [-0.15, -0.1) is 0 Å². The second-order valence-electron chi connectivity index (χ2n) is 7.85. The molecule has 4 aromatic rings. The average molecular weight is 510 g/mol. The van der Waals surface area contributed by atoms with E-state index in [4.69, 9.17) is 19.6 Å². The molecule has 3 aromatic carbocycles. The number of sulfonamides is 1. The molecule has 1 aromatic heterocycles. The molecule has 0 amide bonds. The largest absolute Gasteiger partial charge is 0.497 e. The lowest BCUT2D eigenvalue weighted by molar-refractivity contribution is 0.414. The van der Waals surface area contributed by atoms with Gasteiger partial charge in [0, 0.05) is 16.9 Å². The van der Waals surface area contributed by atoms with Crippen LogP contribution >= 0.6 is 11.8 Å². The molecule has 0 aliphatic heterocycles. The number of benzene rings is 3. The maximum atomic E-state index is 12.2. The predicted octanol–water partition coefficient (Wildman–Crippen LogP) is 5.27. The van der Waals surface area contributed by atoms with Gasteiger partial charge >= 0.3 is 0 Å². The van der Waals surface area contributed by atoms with Crippen LogP contribution in [0.15, 0.2) is 84.0 Å². The van der Waals surface area contributed by atoms with E-state index in [0.29, 0.717) is 22.9 Å². The van der Waals surface area contributed by atoms with Gasteiger partial charge in [0.1, 0.15) is 16.7 Å². The molecule has 7 nitrogen and oxygen atoms in total. The summed E-state index contributed by atoms with van der Waals surface area (Å²) < 4.78 is 35.0. The second-order valence-corrected chi connectivity index (χ2v) is 10.7. The van der Waals surface area contributed by atoms with Crippen LogP contribution in [0, 0.1) is 0 Å². The van der Waals surface area contributed by atoms with Gasteiger partial charge in [0.2, 0.25) is 10.0 Å². The van der Waals surface area contributed by atoms with Crippen LogP contribution in [-0.2, 0) is 10.0 Å². The zero-order valence-corrected chi connectivity index (χ0v) is 21.1. The summed E-state index contributed by atoms with van der Waals surface area (Å²) in [6, 6.07) is 24.5. The fraction of sp³-hybridized carbons (Fsp3) is 0.192. The van der Waals surface area contributed by atoms with Crippen molar-refractivity contribution < 1.29 is 17.9 Å². The van der Waals surface area contributed by atoms with Gasteiger partial charge in [-0.3, -0.25) is 0 Å². The molecular formula is C26H27N3O4S2. The maximum absolute atomic E-state index is 12.2. The van der Waals surface area contributed by atoms with E-state index in [-0.39, 0.29) is 0 Å². The Morgan fingerprint density at radius 1 is 0.886 bits per heavy atom. The lowest BCUT2D eigenvalue weighted by Gasteiger charge is -2.14. The Bertz CT molecular complexity index is 1290. The molecular weight excluding hydrogens is 482 g/mol. The molecule has 0 saturated carbocycles. The SMILES string of the molecule is COc1ccc(-c2nc(SCCC(c3ccccc3)S(N)(=O)=O)[nH]c2-c2ccc(OC)cc2)cc1. The molecule has 0 spiro atoms. The Morgan fingerprint density at radius 3 is 2.00 bits per heavy atom. The molecule has 0 fully saturated rings. The zero-order chi connectivity index (χ0) is 24.8. The number of thioether (sulfide) groups is 1. The first-order valence-corrected chi connectivity index (χ1v) is 13.6. The number of ether oxygens (including phenoxy) is 2. The van der Waals surface area contributed by atoms with Crippen molar-refractivity contribution in [2.45, 2.75) is 16.8 Å². The molecule has 4 rings (SSSR count). The van der Waals surface area contributed by atoms with Gasteiger partial charge < -0.3 is 14.5 Å². The van der Waals surface area contributed by atoms with Crippen LogP contribution in [0.3, 0.4) is 0 Å². The zero-order valence-electron chi connectivity index (χ0n) is 19.5. The second kappa shape index (κ2) is 11.0. The fourth-order valence-electron chi connectivity index (χ4n) is 3.80. The highest BCUT2D eigenvalue weighted by Crippen LogP contribution is 2.35. The third kappa shape index (κ3) is 6.05. The summed E-state index contributed by atoms with van der Waals surface area (Å²) in [6.45, 7) is 0. The minimum atomic E-state index is -3.74. The highest BCUT2D eigenvalue weighted by atomic mass is 32.2. The number of primary sulfonamides is 1. The van der Waals surface area contributed by atoms with Gasteiger partial charge in [0.25, 0.3) is 0 Å². The van der Waals surface area contributed by atoms with Crippen LogP contribution in [0.5, 0.6) is 11.5 Å². The fourth-order valence-corrected chi connectivity index (χ4v) is 5.80. The van der Waals surface area contributed by atoms with E-state index >= 15 is 0 Å². The molecule has 1 unspecified atom stereocenters. The quantitative estimate of drug-likeness (QED) is 0.282. The van der Waals surface area contributed by atoms with Crippen molar-refractivity contribution in [1.29, 1.82) is 0 Å². The Hall–Kier alpha value is -3.27. The number of H-pyrrole nitrogens is 1. The summed E-state index contributed by atoms with van der Waals surface area (Å²) in [5.41, 5.74) is 4.25. The van der Waals surface area contributed by atoms with Crippen LogP contribution in [0.1, 0.15) is 17.2 Å². The molecule has 0 radical (unpaired) electrons. The molecule has 0 saturated heterocycles. The first kappa shape index (κ1) is 24.8. The molecule has 182 valence electrons. The van der Waals surface area contributed by atoms with Crippen molar-refractivity contribution in [2.24, 2.45) is 5.14 Å². The summed E-state index contributed by atoms with van der Waals surface area (Å²) >= 11 is 1.46. The standard InChI is InChI=1S/C26H27N3O4S2/c1-32-21-12-8-19(9-13-21)24-25(20-10-14-22(33-2)15-11-20)29-26(28-24)34-17-16-23(35(27,30)31)18-6-4-3-5-7-18/h3-15,23H,16-17H2,1-2H3,(H,28,29)(H2,27,30,31). The van der Waals surface area contributed by atoms with E-state index in [2.05, 4.69) is 4.98 Å². The number of methoxy groups -OCH3 is 2. The van der Waals surface area contributed by atoms with E-state index in [1.165, 1.54) is 11.8 Å². The summed E-state index contributed by atoms with van der Waals surface area (Å²) in [5, 5.41) is 5.46. The lowest BCUT2D eigenvalue weighted by atomic mass is 10.0. The third-order valence-electron chi connectivity index (χ3n) is 5.61. The topological polar surface area (TPSA) is 107 Å². The molecule has 3 N–H and O–H groups in total. The summed E-state index contributed by atoms with van der Waals surface area (Å²) in [7, 11) is -0.480. The first-order chi connectivity index (χ1) is 16.9. The normalized spacial score (nSPS) is 12.3. The summed E-state index contributed by atoms with van der Waals surface area (Å²) in [4.78, 5) is 8.26.